The van der Waals surface area contributed by atoms with Crippen LogP contribution in [-0.4, -0.2) is 26.7 Å². The molecule has 0 unspecified atom stereocenters. The van der Waals surface area contributed by atoms with Crippen LogP contribution < -0.4 is 0 Å². The van der Waals surface area contributed by atoms with E-state index in [1.54, 1.807) is 12.1 Å². The van der Waals surface area contributed by atoms with Gasteiger partial charge in [-0.1, -0.05) is 19.3 Å². The maximum Gasteiger partial charge on any atom is 0.151 e. The highest BCUT2D eigenvalue weighted by molar-refractivity contribution is 5.44. The summed E-state index contributed by atoms with van der Waals surface area (Å²) in [6.45, 7) is 1.48. The zero-order chi connectivity index (χ0) is 15.1. The van der Waals surface area contributed by atoms with Gasteiger partial charge in [-0.05, 0) is 43.7 Å². The summed E-state index contributed by atoms with van der Waals surface area (Å²) in [7, 11) is 2.04. The third kappa shape index (κ3) is 2.33. The van der Waals surface area contributed by atoms with Gasteiger partial charge in [0, 0.05) is 12.5 Å². The Morgan fingerprint density at radius 1 is 1.09 bits per heavy atom. The van der Waals surface area contributed by atoms with E-state index >= 15 is 0 Å². The Morgan fingerprint density at radius 2 is 1.91 bits per heavy atom. The van der Waals surface area contributed by atoms with E-state index < -0.39 is 0 Å². The van der Waals surface area contributed by atoms with E-state index in [0.717, 1.165) is 36.0 Å². The summed E-state index contributed by atoms with van der Waals surface area (Å²) < 4.78 is 15.8. The molecule has 22 heavy (non-hydrogen) atoms. The molecule has 2 aliphatic rings. The highest BCUT2D eigenvalue weighted by Gasteiger charge is 2.27. The predicted octanol–water partition coefficient (Wildman–Crippen LogP) is 3.40. The van der Waals surface area contributed by atoms with E-state index in [4.69, 9.17) is 0 Å². The van der Waals surface area contributed by atoms with Gasteiger partial charge in [0.2, 0.25) is 0 Å². The Bertz CT molecular complexity index is 688. The molecule has 0 bridgehead atoms. The minimum absolute atomic E-state index is 0.178. The van der Waals surface area contributed by atoms with Crippen LogP contribution >= 0.6 is 0 Å². The molecule has 5 heteroatoms. The molecule has 1 aliphatic heterocycles. The van der Waals surface area contributed by atoms with Crippen LogP contribution in [0, 0.1) is 5.82 Å². The molecule has 4 nitrogen and oxygen atoms in total. The first kappa shape index (κ1) is 13.9. The maximum atomic E-state index is 13.7. The molecule has 2 aromatic rings. The van der Waals surface area contributed by atoms with Crippen molar-refractivity contribution in [3.8, 4) is 5.69 Å². The van der Waals surface area contributed by atoms with Crippen molar-refractivity contribution < 1.29 is 4.39 Å². The summed E-state index contributed by atoms with van der Waals surface area (Å²) in [4.78, 5) is 2.16. The van der Waals surface area contributed by atoms with Gasteiger partial charge in [-0.25, -0.2) is 4.39 Å². The van der Waals surface area contributed by atoms with Crippen molar-refractivity contribution in [2.24, 2.45) is 0 Å². The van der Waals surface area contributed by atoms with Crippen molar-refractivity contribution in [2.75, 3.05) is 7.05 Å². The molecule has 0 radical (unpaired) electrons. The molecule has 1 aliphatic carbocycles. The smallest absolute Gasteiger partial charge is 0.151 e. The fourth-order valence-corrected chi connectivity index (χ4v) is 3.81. The molecule has 1 fully saturated rings. The van der Waals surface area contributed by atoms with Crippen molar-refractivity contribution in [3.63, 3.8) is 0 Å². The zero-order valence-corrected chi connectivity index (χ0v) is 12.9. The Morgan fingerprint density at radius 3 is 2.73 bits per heavy atom. The fourth-order valence-electron chi connectivity index (χ4n) is 3.81. The first-order valence-corrected chi connectivity index (χ1v) is 8.14. The summed E-state index contributed by atoms with van der Waals surface area (Å²) in [6, 6.07) is 5.06. The van der Waals surface area contributed by atoms with Crippen LogP contribution in [0.1, 0.15) is 55.2 Å². The molecule has 0 N–H and O–H groups in total. The molecule has 2 heterocycles. The lowest BCUT2D eigenvalue weighted by molar-refractivity contribution is 0.315. The van der Waals surface area contributed by atoms with Crippen LogP contribution in [0.4, 0.5) is 4.39 Å². The lowest BCUT2D eigenvalue weighted by Crippen LogP contribution is -2.16. The molecule has 0 atom stereocenters. The minimum Gasteiger partial charge on any atom is -0.295 e. The second-order valence-electron chi connectivity index (χ2n) is 6.59. The molecule has 116 valence electrons. The summed E-state index contributed by atoms with van der Waals surface area (Å²) >= 11 is 0. The van der Waals surface area contributed by atoms with Crippen molar-refractivity contribution in [1.29, 1.82) is 0 Å². The van der Waals surface area contributed by atoms with Gasteiger partial charge in [0.25, 0.3) is 0 Å². The van der Waals surface area contributed by atoms with Crippen molar-refractivity contribution >= 4 is 0 Å². The molecule has 4 rings (SSSR count). The number of nitrogens with zero attached hydrogens (tertiary/aromatic N) is 4. The topological polar surface area (TPSA) is 34.0 Å². The molecule has 1 aromatic carbocycles. The minimum atomic E-state index is -0.178. The first-order valence-electron chi connectivity index (χ1n) is 8.14. The summed E-state index contributed by atoms with van der Waals surface area (Å²) in [6.07, 6.45) is 6.23. The molecule has 0 amide bonds. The number of fused-ring (bicyclic) bond motifs is 3. The van der Waals surface area contributed by atoms with E-state index in [2.05, 4.69) is 19.7 Å². The van der Waals surface area contributed by atoms with Crippen molar-refractivity contribution in [2.45, 2.75) is 51.1 Å². The number of hydrogen-bond acceptors (Lipinski definition) is 3. The number of benzene rings is 1. The van der Waals surface area contributed by atoms with Crippen LogP contribution in [0.15, 0.2) is 18.2 Å². The van der Waals surface area contributed by atoms with E-state index in [9.17, 15) is 4.39 Å². The average Bonchev–Trinajstić information content (AvgIpc) is 2.86. The molecular formula is C17H21FN4. The Kier molecular flexibility index (Phi) is 3.45. The number of rotatable bonds is 1. The first-order chi connectivity index (χ1) is 10.7. The SMILES string of the molecule is CN1Cc2cc(F)ccc2-n2c(nnc2C2CCCCC2)C1. The van der Waals surface area contributed by atoms with Crippen molar-refractivity contribution in [3.05, 3.63) is 41.2 Å². The third-order valence-corrected chi connectivity index (χ3v) is 4.86. The summed E-state index contributed by atoms with van der Waals surface area (Å²) in [5, 5.41) is 8.95. The lowest BCUT2D eigenvalue weighted by Gasteiger charge is -2.22. The predicted molar refractivity (Wildman–Crippen MR) is 82.3 cm³/mol. The van der Waals surface area contributed by atoms with Gasteiger partial charge in [-0.2, -0.15) is 0 Å². The average molecular weight is 300 g/mol. The second-order valence-corrected chi connectivity index (χ2v) is 6.59. The van der Waals surface area contributed by atoms with E-state index in [-0.39, 0.29) is 5.82 Å². The number of halogens is 1. The molecule has 1 saturated carbocycles. The molecular weight excluding hydrogens is 279 g/mol. The van der Waals surface area contributed by atoms with E-state index in [1.807, 2.05) is 13.1 Å². The highest BCUT2D eigenvalue weighted by Crippen LogP contribution is 2.35. The van der Waals surface area contributed by atoms with Gasteiger partial charge in [-0.3, -0.25) is 9.47 Å². The van der Waals surface area contributed by atoms with Crippen LogP contribution in [0.3, 0.4) is 0 Å². The Balaban J connectivity index is 1.85. The number of aromatic nitrogens is 3. The number of hydrogen-bond donors (Lipinski definition) is 0. The van der Waals surface area contributed by atoms with Gasteiger partial charge < -0.3 is 0 Å². The van der Waals surface area contributed by atoms with E-state index in [1.165, 1.54) is 32.1 Å². The second kappa shape index (κ2) is 5.47. The monoisotopic (exact) mass is 300 g/mol. The lowest BCUT2D eigenvalue weighted by atomic mass is 9.88. The van der Waals surface area contributed by atoms with Gasteiger partial charge in [0.05, 0.1) is 12.2 Å². The highest BCUT2D eigenvalue weighted by atomic mass is 19.1. The van der Waals surface area contributed by atoms with Crippen LogP contribution in [0.25, 0.3) is 5.69 Å². The van der Waals surface area contributed by atoms with Crippen molar-refractivity contribution in [1.82, 2.24) is 19.7 Å². The fraction of sp³-hybridized carbons (Fsp3) is 0.529. The third-order valence-electron chi connectivity index (χ3n) is 4.86. The molecule has 1 aromatic heterocycles. The Labute approximate surface area is 130 Å². The van der Waals surface area contributed by atoms with Gasteiger partial charge in [0.15, 0.2) is 5.82 Å². The Hall–Kier alpha value is -1.75. The zero-order valence-electron chi connectivity index (χ0n) is 12.9. The van der Waals surface area contributed by atoms with Gasteiger partial charge in [-0.15, -0.1) is 10.2 Å². The largest absolute Gasteiger partial charge is 0.295 e. The summed E-state index contributed by atoms with van der Waals surface area (Å²) in [5.74, 6) is 2.34. The quantitative estimate of drug-likeness (QED) is 0.809. The van der Waals surface area contributed by atoms with Gasteiger partial charge in [0.1, 0.15) is 11.6 Å². The standard InChI is InChI=1S/C17H21FN4/c1-21-10-13-9-14(18)7-8-15(13)22-16(11-21)19-20-17(22)12-5-3-2-4-6-12/h7-9,12H,2-6,10-11H2,1H3. The summed E-state index contributed by atoms with van der Waals surface area (Å²) in [5.41, 5.74) is 2.06. The van der Waals surface area contributed by atoms with Crippen LogP contribution in [0.2, 0.25) is 0 Å². The van der Waals surface area contributed by atoms with Crippen LogP contribution in [0.5, 0.6) is 0 Å². The van der Waals surface area contributed by atoms with Crippen LogP contribution in [-0.2, 0) is 13.1 Å². The van der Waals surface area contributed by atoms with Gasteiger partial charge >= 0.3 is 0 Å². The normalized spacial score (nSPS) is 19.5. The van der Waals surface area contributed by atoms with E-state index in [0.29, 0.717) is 5.92 Å². The molecule has 0 spiro atoms. The maximum absolute atomic E-state index is 13.7. The molecule has 0 saturated heterocycles.